The Hall–Kier alpha value is -1.40. The Morgan fingerprint density at radius 1 is 0.673 bits per heavy atom. The second-order valence-electron chi connectivity index (χ2n) is 18.7. The minimum absolute atomic E-state index is 0.0202. The molecule has 4 aliphatic carbocycles. The number of hydrogen-bond acceptors (Lipinski definition) is 14. The molecule has 1 aromatic rings. The number of rotatable bonds is 7. The van der Waals surface area contributed by atoms with Crippen molar-refractivity contribution in [1.82, 2.24) is 10.2 Å². The Labute approximate surface area is 324 Å². The molecule has 3 saturated heterocycles. The van der Waals surface area contributed by atoms with E-state index in [4.69, 9.17) is 28.4 Å². The number of fused-ring (bicyclic) bond motifs is 5. The van der Waals surface area contributed by atoms with Crippen LogP contribution in [0.5, 0.6) is 0 Å². The molecule has 4 heterocycles. The lowest BCUT2D eigenvalue weighted by atomic mass is 9.42. The van der Waals surface area contributed by atoms with Crippen LogP contribution in [0.4, 0.5) is 0 Å². The van der Waals surface area contributed by atoms with Gasteiger partial charge in [0.25, 0.3) is 0 Å². The van der Waals surface area contributed by atoms with E-state index in [0.717, 1.165) is 44.1 Å². The number of ether oxygens (including phenoxy) is 6. The Kier molecular flexibility index (Phi) is 11.3. The smallest absolute Gasteiger partial charge is 0.161 e. The van der Waals surface area contributed by atoms with Crippen molar-refractivity contribution in [2.24, 2.45) is 28.6 Å². The molecule has 0 aromatic carbocycles. The van der Waals surface area contributed by atoms with Gasteiger partial charge in [0.05, 0.1) is 60.6 Å². The molecule has 6 N–H and O–H groups in total. The van der Waals surface area contributed by atoms with Gasteiger partial charge in [-0.05, 0) is 113 Å². The fraction of sp³-hybridized carbons (Fsp3) is 0.902. The largest absolute Gasteiger partial charge is 0.392 e. The maximum absolute atomic E-state index is 12.6. The maximum Gasteiger partial charge on any atom is 0.161 e. The molecule has 14 heteroatoms. The van der Waals surface area contributed by atoms with Gasteiger partial charge in [0.15, 0.2) is 18.9 Å². The van der Waals surface area contributed by atoms with Gasteiger partial charge in [0.1, 0.15) is 18.3 Å². The highest BCUT2D eigenvalue weighted by atomic mass is 16.7. The fourth-order valence-electron chi connectivity index (χ4n) is 12.6. The Morgan fingerprint density at radius 2 is 1.29 bits per heavy atom. The number of hydrogen-bond donors (Lipinski definition) is 6. The summed E-state index contributed by atoms with van der Waals surface area (Å²) in [5, 5.41) is 75.1. The Morgan fingerprint density at radius 3 is 1.89 bits per heavy atom. The van der Waals surface area contributed by atoms with Crippen molar-refractivity contribution < 1.29 is 59.1 Å². The third-order valence-corrected chi connectivity index (χ3v) is 15.8. The van der Waals surface area contributed by atoms with E-state index >= 15 is 0 Å². The fourth-order valence-corrected chi connectivity index (χ4v) is 12.6. The van der Waals surface area contributed by atoms with Crippen molar-refractivity contribution in [3.63, 3.8) is 0 Å². The molecule has 21 atom stereocenters. The van der Waals surface area contributed by atoms with Crippen molar-refractivity contribution in [3.05, 3.63) is 24.0 Å². The predicted octanol–water partition coefficient (Wildman–Crippen LogP) is 2.69. The summed E-state index contributed by atoms with van der Waals surface area (Å²) in [6.45, 7) is 9.76. The summed E-state index contributed by atoms with van der Waals surface area (Å²) in [7, 11) is 0. The van der Waals surface area contributed by atoms with Gasteiger partial charge < -0.3 is 59.1 Å². The minimum Gasteiger partial charge on any atom is -0.392 e. The molecule has 1 aromatic heterocycles. The highest BCUT2D eigenvalue weighted by Crippen LogP contribution is 2.70. The zero-order valence-corrected chi connectivity index (χ0v) is 32.9. The monoisotopic (exact) mass is 776 g/mol. The molecule has 0 bridgehead atoms. The summed E-state index contributed by atoms with van der Waals surface area (Å²) in [6.07, 6.45) is 0.987. The first-order valence-electron chi connectivity index (χ1n) is 20.9. The number of aliphatic hydroxyl groups is 6. The standard InChI is InChI=1S/C41H64N2O12/c1-20-36(48)29(44)16-34(50-20)54-38-22(3)52-35(18-31(38)46)55-37-21(2)51-33(17-30(37)45)53-25-8-11-39(4)24(14-25)6-7-27-28(39)15-32(47)40(5)26(9-12-41(27,40)49)23-10-13-42-43-19-23/h10,13,19-22,24-38,44-49H,6-9,11-12,14-18H2,1-5H3/t20-,21-,22-,24-,25+,26-,27-,28+,29+,30+,31+,32-,33+,34+,35+,36-,37-,38-,39+,40+,41+/m1/s1. The van der Waals surface area contributed by atoms with E-state index in [1.807, 2.05) is 13.0 Å². The zero-order chi connectivity index (χ0) is 39.0. The summed E-state index contributed by atoms with van der Waals surface area (Å²) in [4.78, 5) is 0. The van der Waals surface area contributed by atoms with Gasteiger partial charge in [-0.25, -0.2) is 0 Å². The highest BCUT2D eigenvalue weighted by Gasteiger charge is 2.70. The van der Waals surface area contributed by atoms with E-state index in [-0.39, 0.29) is 48.5 Å². The van der Waals surface area contributed by atoms with Gasteiger partial charge in [-0.1, -0.05) is 13.8 Å². The first kappa shape index (κ1) is 40.4. The lowest BCUT2D eigenvalue weighted by Crippen LogP contribution is -2.66. The highest BCUT2D eigenvalue weighted by molar-refractivity contribution is 5.28. The summed E-state index contributed by atoms with van der Waals surface area (Å²) in [5.74, 6) is 0.777. The number of nitrogens with zero attached hydrogens (tertiary/aromatic N) is 2. The Bertz CT molecular complexity index is 1440. The molecule has 55 heavy (non-hydrogen) atoms. The van der Waals surface area contributed by atoms with Gasteiger partial charge in [0.2, 0.25) is 0 Å². The van der Waals surface area contributed by atoms with Crippen LogP contribution in [0, 0.1) is 28.6 Å². The van der Waals surface area contributed by atoms with E-state index in [1.165, 1.54) is 0 Å². The summed E-state index contributed by atoms with van der Waals surface area (Å²) in [5.41, 5.74) is -0.561. The van der Waals surface area contributed by atoms with Gasteiger partial charge in [0, 0.05) is 30.9 Å². The molecule has 7 fully saturated rings. The van der Waals surface area contributed by atoms with Crippen molar-refractivity contribution >= 4 is 0 Å². The first-order valence-corrected chi connectivity index (χ1v) is 20.9. The van der Waals surface area contributed by atoms with Crippen LogP contribution in [0.15, 0.2) is 18.5 Å². The summed E-state index contributed by atoms with van der Waals surface area (Å²) < 4.78 is 36.9. The topological polar surface area (TPSA) is 203 Å². The average Bonchev–Trinajstić information content (AvgIpc) is 3.43. The molecule has 0 spiro atoms. The first-order chi connectivity index (χ1) is 26.1. The molecule has 8 rings (SSSR count). The van der Waals surface area contributed by atoms with Crippen LogP contribution in [0.1, 0.15) is 117 Å². The average molecular weight is 777 g/mol. The Balaban J connectivity index is 0.840. The SMILES string of the molecule is C[C@H]1O[C@@H](O[C@H]2[C@@H](O)C[C@H](O[C@H]3[C@@H](O)C[C@H](O[C@H]4CC[C@@]5(C)[C@H](CC[C@@H]6[C@@H]5C[C@@H](O)[C@]5(C)[C@@H](c7ccnnc7)CC[C@]65O)C4)O[C@@H]3C)O[C@@H]2C)C[C@H](O)[C@@H]1O. The van der Waals surface area contributed by atoms with Gasteiger partial charge in [-0.3, -0.25) is 0 Å². The van der Waals surface area contributed by atoms with Crippen LogP contribution < -0.4 is 0 Å². The van der Waals surface area contributed by atoms with Crippen LogP contribution in [0.25, 0.3) is 0 Å². The lowest BCUT2D eigenvalue weighted by molar-refractivity contribution is -0.336. The summed E-state index contributed by atoms with van der Waals surface area (Å²) in [6, 6.07) is 1.98. The van der Waals surface area contributed by atoms with Crippen molar-refractivity contribution in [2.45, 2.75) is 203 Å². The molecule has 0 unspecified atom stereocenters. The second kappa shape index (κ2) is 15.3. The lowest BCUT2D eigenvalue weighted by Gasteiger charge is -2.65. The maximum atomic E-state index is 12.6. The van der Waals surface area contributed by atoms with E-state index in [2.05, 4.69) is 24.0 Å². The van der Waals surface area contributed by atoms with Gasteiger partial charge >= 0.3 is 0 Å². The minimum atomic E-state index is -1.000. The second-order valence-corrected chi connectivity index (χ2v) is 18.7. The van der Waals surface area contributed by atoms with Gasteiger partial charge in [-0.15, -0.1) is 0 Å². The van der Waals surface area contributed by atoms with Gasteiger partial charge in [-0.2, -0.15) is 10.2 Å². The molecule has 0 amide bonds. The van der Waals surface area contributed by atoms with E-state index < -0.39 is 90.9 Å². The van der Waals surface area contributed by atoms with E-state index in [1.54, 1.807) is 26.2 Å². The van der Waals surface area contributed by atoms with Crippen molar-refractivity contribution in [1.29, 1.82) is 0 Å². The molecule has 14 nitrogen and oxygen atoms in total. The normalized spacial score (nSPS) is 54.2. The predicted molar refractivity (Wildman–Crippen MR) is 195 cm³/mol. The van der Waals surface area contributed by atoms with E-state index in [0.29, 0.717) is 18.8 Å². The molecule has 4 saturated carbocycles. The van der Waals surface area contributed by atoms with Crippen LogP contribution in [-0.2, 0) is 28.4 Å². The number of aliphatic hydroxyl groups excluding tert-OH is 5. The molecule has 0 radical (unpaired) electrons. The van der Waals surface area contributed by atoms with Crippen LogP contribution in [-0.4, -0.2) is 132 Å². The third-order valence-electron chi connectivity index (χ3n) is 15.8. The quantitative estimate of drug-likeness (QED) is 0.221. The molecule has 7 aliphatic rings. The molecular weight excluding hydrogens is 712 g/mol. The molecule has 310 valence electrons. The van der Waals surface area contributed by atoms with Crippen LogP contribution in [0.2, 0.25) is 0 Å². The zero-order valence-electron chi connectivity index (χ0n) is 32.9. The van der Waals surface area contributed by atoms with Crippen molar-refractivity contribution in [3.8, 4) is 0 Å². The van der Waals surface area contributed by atoms with Crippen LogP contribution >= 0.6 is 0 Å². The third kappa shape index (κ3) is 7.01. The van der Waals surface area contributed by atoms with E-state index in [9.17, 15) is 30.6 Å². The molecule has 3 aliphatic heterocycles. The summed E-state index contributed by atoms with van der Waals surface area (Å²) >= 11 is 0. The molecular formula is C41H64N2O12. The van der Waals surface area contributed by atoms with Crippen molar-refractivity contribution in [2.75, 3.05) is 0 Å². The number of aromatic nitrogens is 2. The van der Waals surface area contributed by atoms with Crippen LogP contribution in [0.3, 0.4) is 0 Å².